The largest absolute Gasteiger partial charge is 0.353 e. The van der Waals surface area contributed by atoms with Gasteiger partial charge in [-0.15, -0.1) is 0 Å². The highest BCUT2D eigenvalue weighted by molar-refractivity contribution is 6.35. The van der Waals surface area contributed by atoms with E-state index < -0.39 is 5.82 Å². The zero-order valence-corrected chi connectivity index (χ0v) is 9.69. The van der Waals surface area contributed by atoms with E-state index in [1.54, 1.807) is 0 Å². The Kier molecular flexibility index (Phi) is 3.32. The zero-order chi connectivity index (χ0) is 11.5. The van der Waals surface area contributed by atoms with Gasteiger partial charge in [-0.05, 0) is 24.3 Å². The van der Waals surface area contributed by atoms with Crippen molar-refractivity contribution in [3.63, 3.8) is 0 Å². The van der Waals surface area contributed by atoms with E-state index in [-0.39, 0.29) is 10.7 Å². The SMILES string of the molecule is Fc1c(Cl)cc(Cl)cc1Nc1ccccc1. The maximum atomic E-state index is 13.6. The maximum Gasteiger partial charge on any atom is 0.165 e. The lowest BCUT2D eigenvalue weighted by atomic mass is 10.2. The first-order chi connectivity index (χ1) is 7.66. The van der Waals surface area contributed by atoms with E-state index in [1.165, 1.54) is 12.1 Å². The van der Waals surface area contributed by atoms with E-state index in [0.29, 0.717) is 5.02 Å². The zero-order valence-electron chi connectivity index (χ0n) is 8.18. The minimum Gasteiger partial charge on any atom is -0.353 e. The summed E-state index contributed by atoms with van der Waals surface area (Å²) >= 11 is 11.5. The highest BCUT2D eigenvalue weighted by Crippen LogP contribution is 2.29. The molecule has 0 bridgehead atoms. The Morgan fingerprint density at radius 1 is 1.00 bits per heavy atom. The second-order valence-corrected chi connectivity index (χ2v) is 4.08. The van der Waals surface area contributed by atoms with Gasteiger partial charge in [-0.3, -0.25) is 0 Å². The van der Waals surface area contributed by atoms with Crippen molar-refractivity contribution in [2.75, 3.05) is 5.32 Å². The van der Waals surface area contributed by atoms with Crippen molar-refractivity contribution in [2.24, 2.45) is 0 Å². The molecule has 2 aromatic carbocycles. The molecule has 0 saturated heterocycles. The summed E-state index contributed by atoms with van der Waals surface area (Å²) in [6.07, 6.45) is 0. The fourth-order valence-corrected chi connectivity index (χ4v) is 1.82. The van der Waals surface area contributed by atoms with E-state index in [4.69, 9.17) is 23.2 Å². The summed E-state index contributed by atoms with van der Waals surface area (Å²) in [5.74, 6) is -0.505. The number of benzene rings is 2. The Balaban J connectivity index is 2.35. The van der Waals surface area contributed by atoms with Crippen LogP contribution in [0, 0.1) is 5.82 Å². The lowest BCUT2D eigenvalue weighted by Crippen LogP contribution is -1.94. The van der Waals surface area contributed by atoms with E-state index in [0.717, 1.165) is 5.69 Å². The van der Waals surface area contributed by atoms with E-state index in [1.807, 2.05) is 30.3 Å². The molecule has 0 amide bonds. The van der Waals surface area contributed by atoms with Gasteiger partial charge in [0.05, 0.1) is 10.7 Å². The smallest absolute Gasteiger partial charge is 0.165 e. The van der Waals surface area contributed by atoms with Gasteiger partial charge in [0.15, 0.2) is 5.82 Å². The molecule has 1 N–H and O–H groups in total. The average Bonchev–Trinajstić information content (AvgIpc) is 2.27. The number of para-hydroxylation sites is 1. The molecule has 4 heteroatoms. The molecular weight excluding hydrogens is 248 g/mol. The summed E-state index contributed by atoms with van der Waals surface area (Å²) in [6, 6.07) is 12.1. The Bertz CT molecular complexity index is 500. The minimum absolute atomic E-state index is 0.00549. The molecule has 0 atom stereocenters. The van der Waals surface area contributed by atoms with Crippen molar-refractivity contribution in [2.45, 2.75) is 0 Å². The van der Waals surface area contributed by atoms with Gasteiger partial charge < -0.3 is 5.32 Å². The van der Waals surface area contributed by atoms with Gasteiger partial charge in [-0.1, -0.05) is 41.4 Å². The summed E-state index contributed by atoms with van der Waals surface area (Å²) in [4.78, 5) is 0. The van der Waals surface area contributed by atoms with E-state index in [2.05, 4.69) is 5.32 Å². The second kappa shape index (κ2) is 4.73. The first kappa shape index (κ1) is 11.2. The summed E-state index contributed by atoms with van der Waals surface area (Å²) in [5, 5.41) is 3.31. The molecule has 0 saturated carbocycles. The van der Waals surface area contributed by atoms with Gasteiger partial charge in [0, 0.05) is 10.7 Å². The third kappa shape index (κ3) is 2.46. The second-order valence-electron chi connectivity index (χ2n) is 3.24. The lowest BCUT2D eigenvalue weighted by Gasteiger charge is -2.08. The quantitative estimate of drug-likeness (QED) is 0.755. The first-order valence-electron chi connectivity index (χ1n) is 4.63. The summed E-state index contributed by atoms with van der Waals surface area (Å²) in [6.45, 7) is 0. The van der Waals surface area contributed by atoms with Crippen molar-refractivity contribution in [1.29, 1.82) is 0 Å². The normalized spacial score (nSPS) is 10.2. The molecule has 82 valence electrons. The van der Waals surface area contributed by atoms with Crippen LogP contribution >= 0.6 is 23.2 Å². The summed E-state index contributed by atoms with van der Waals surface area (Å²) < 4.78 is 13.6. The molecule has 0 aromatic heterocycles. The molecule has 1 nitrogen and oxygen atoms in total. The molecular formula is C12H8Cl2FN. The monoisotopic (exact) mass is 255 g/mol. The molecule has 0 unspecified atom stereocenters. The molecule has 0 spiro atoms. The predicted molar refractivity (Wildman–Crippen MR) is 66.1 cm³/mol. The minimum atomic E-state index is -0.505. The molecule has 0 radical (unpaired) electrons. The summed E-state index contributed by atoms with van der Waals surface area (Å²) in [7, 11) is 0. The van der Waals surface area contributed by atoms with Gasteiger partial charge >= 0.3 is 0 Å². The van der Waals surface area contributed by atoms with Crippen LogP contribution in [0.2, 0.25) is 10.0 Å². The van der Waals surface area contributed by atoms with Gasteiger partial charge in [0.2, 0.25) is 0 Å². The molecule has 0 fully saturated rings. The predicted octanol–water partition coefficient (Wildman–Crippen LogP) is 4.88. The highest BCUT2D eigenvalue weighted by Gasteiger charge is 2.08. The maximum absolute atomic E-state index is 13.6. The van der Waals surface area contributed by atoms with E-state index >= 15 is 0 Å². The summed E-state index contributed by atoms with van der Waals surface area (Å²) in [5.41, 5.74) is 1.04. The Morgan fingerprint density at radius 3 is 2.38 bits per heavy atom. The molecule has 16 heavy (non-hydrogen) atoms. The van der Waals surface area contributed by atoms with Crippen LogP contribution < -0.4 is 5.32 Å². The number of nitrogens with one attached hydrogen (secondary N) is 1. The van der Waals surface area contributed by atoms with Crippen LogP contribution in [0.15, 0.2) is 42.5 Å². The lowest BCUT2D eigenvalue weighted by molar-refractivity contribution is 0.632. The van der Waals surface area contributed by atoms with Crippen molar-refractivity contribution in [3.8, 4) is 0 Å². The van der Waals surface area contributed by atoms with Crippen LogP contribution in [-0.4, -0.2) is 0 Å². The molecule has 0 aliphatic rings. The first-order valence-corrected chi connectivity index (χ1v) is 5.39. The number of rotatable bonds is 2. The molecule has 0 aliphatic carbocycles. The average molecular weight is 256 g/mol. The molecule has 0 aliphatic heterocycles. The van der Waals surface area contributed by atoms with Gasteiger partial charge in [0.1, 0.15) is 0 Å². The Morgan fingerprint density at radius 2 is 1.69 bits per heavy atom. The number of hydrogen-bond donors (Lipinski definition) is 1. The van der Waals surface area contributed by atoms with Crippen molar-refractivity contribution < 1.29 is 4.39 Å². The highest BCUT2D eigenvalue weighted by atomic mass is 35.5. The fraction of sp³-hybridized carbons (Fsp3) is 0. The third-order valence-corrected chi connectivity index (χ3v) is 2.54. The van der Waals surface area contributed by atoms with Crippen LogP contribution in [0.25, 0.3) is 0 Å². The van der Waals surface area contributed by atoms with Crippen molar-refractivity contribution in [3.05, 3.63) is 58.3 Å². The van der Waals surface area contributed by atoms with E-state index in [9.17, 15) is 4.39 Å². The fourth-order valence-electron chi connectivity index (χ4n) is 1.32. The topological polar surface area (TPSA) is 12.0 Å². The van der Waals surface area contributed by atoms with Gasteiger partial charge in [0.25, 0.3) is 0 Å². The van der Waals surface area contributed by atoms with Crippen LogP contribution in [0.4, 0.5) is 15.8 Å². The number of hydrogen-bond acceptors (Lipinski definition) is 1. The van der Waals surface area contributed by atoms with Crippen LogP contribution in [0.1, 0.15) is 0 Å². The molecule has 2 aromatic rings. The van der Waals surface area contributed by atoms with Crippen LogP contribution in [0.5, 0.6) is 0 Å². The van der Waals surface area contributed by atoms with Gasteiger partial charge in [-0.2, -0.15) is 0 Å². The molecule has 0 heterocycles. The standard InChI is InChI=1S/C12H8Cl2FN/c13-8-6-10(14)12(15)11(7-8)16-9-4-2-1-3-5-9/h1-7,16H. The van der Waals surface area contributed by atoms with Crippen molar-refractivity contribution in [1.82, 2.24) is 0 Å². The third-order valence-electron chi connectivity index (χ3n) is 2.05. The van der Waals surface area contributed by atoms with Crippen LogP contribution in [0.3, 0.4) is 0 Å². The van der Waals surface area contributed by atoms with Crippen molar-refractivity contribution >= 4 is 34.6 Å². The molecule has 2 rings (SSSR count). The Hall–Kier alpha value is -1.25. The number of anilines is 2. The number of halogens is 3. The van der Waals surface area contributed by atoms with Crippen LogP contribution in [-0.2, 0) is 0 Å². The Labute approximate surface area is 103 Å². The van der Waals surface area contributed by atoms with Gasteiger partial charge in [-0.25, -0.2) is 4.39 Å².